The number of primary amides is 1. The molecule has 4 N–H and O–H groups in total. The van der Waals surface area contributed by atoms with Gasteiger partial charge in [-0.3, -0.25) is 19.6 Å². The number of aromatic amines is 1. The van der Waals surface area contributed by atoms with Crippen molar-refractivity contribution >= 4 is 11.8 Å². The maximum Gasteiger partial charge on any atom is 0.269 e. The Bertz CT molecular complexity index is 582. The molecule has 1 aromatic heterocycles. The van der Waals surface area contributed by atoms with Gasteiger partial charge in [0.05, 0.1) is 12.6 Å². The fraction of sp³-hybridized carbons (Fsp3) is 0.688. The first-order valence-electron chi connectivity index (χ1n) is 8.57. The summed E-state index contributed by atoms with van der Waals surface area (Å²) in [6, 6.07) is 1.72. The molecule has 0 bridgehead atoms. The highest BCUT2D eigenvalue weighted by molar-refractivity contribution is 5.90. The fourth-order valence-electron chi connectivity index (χ4n) is 3.42. The molecular formula is C16H25N5O3. The van der Waals surface area contributed by atoms with E-state index >= 15 is 0 Å². The van der Waals surface area contributed by atoms with Crippen molar-refractivity contribution in [1.29, 1.82) is 0 Å². The van der Waals surface area contributed by atoms with Crippen LogP contribution in [-0.2, 0) is 9.53 Å². The lowest BCUT2D eigenvalue weighted by Gasteiger charge is -2.31. The van der Waals surface area contributed by atoms with Crippen LogP contribution >= 0.6 is 0 Å². The van der Waals surface area contributed by atoms with Crippen LogP contribution in [0.3, 0.4) is 0 Å². The number of nitrogens with zero attached hydrogens (tertiary/aromatic N) is 2. The van der Waals surface area contributed by atoms with E-state index in [-0.39, 0.29) is 23.6 Å². The first-order chi connectivity index (χ1) is 11.6. The highest BCUT2D eigenvalue weighted by Gasteiger charge is 2.25. The van der Waals surface area contributed by atoms with E-state index in [1.54, 1.807) is 6.07 Å². The highest BCUT2D eigenvalue weighted by atomic mass is 16.5. The quantitative estimate of drug-likeness (QED) is 0.676. The van der Waals surface area contributed by atoms with Crippen molar-refractivity contribution in [3.05, 3.63) is 17.5 Å². The second-order valence-corrected chi connectivity index (χ2v) is 6.59. The van der Waals surface area contributed by atoms with Gasteiger partial charge < -0.3 is 15.8 Å². The number of hydrogen-bond donors (Lipinski definition) is 3. The first-order valence-corrected chi connectivity index (χ1v) is 8.57. The largest absolute Gasteiger partial charge is 0.376 e. The first kappa shape index (κ1) is 16.9. The molecule has 24 heavy (non-hydrogen) atoms. The lowest BCUT2D eigenvalue weighted by molar-refractivity contribution is -0.123. The van der Waals surface area contributed by atoms with Gasteiger partial charge in [-0.25, -0.2) is 0 Å². The molecule has 2 aliphatic rings. The zero-order valence-electron chi connectivity index (χ0n) is 13.8. The Morgan fingerprint density at radius 2 is 2.29 bits per heavy atom. The molecule has 3 heterocycles. The topological polar surface area (TPSA) is 113 Å². The van der Waals surface area contributed by atoms with Crippen LogP contribution in [0.5, 0.6) is 0 Å². The van der Waals surface area contributed by atoms with Gasteiger partial charge in [0, 0.05) is 31.3 Å². The number of piperidine rings is 1. The van der Waals surface area contributed by atoms with E-state index in [0.717, 1.165) is 51.1 Å². The van der Waals surface area contributed by atoms with Crippen molar-refractivity contribution in [3.8, 4) is 0 Å². The lowest BCUT2D eigenvalue weighted by Crippen LogP contribution is -2.43. The second kappa shape index (κ2) is 7.76. The Kier molecular flexibility index (Phi) is 5.47. The van der Waals surface area contributed by atoms with E-state index in [2.05, 4.69) is 20.4 Å². The fourth-order valence-corrected chi connectivity index (χ4v) is 3.42. The van der Waals surface area contributed by atoms with Crippen LogP contribution in [0.25, 0.3) is 0 Å². The number of likely N-dealkylation sites (tertiary alicyclic amines) is 1. The Balaban J connectivity index is 1.47. The zero-order valence-corrected chi connectivity index (χ0v) is 13.8. The molecule has 0 unspecified atom stereocenters. The highest BCUT2D eigenvalue weighted by Crippen LogP contribution is 2.25. The minimum absolute atomic E-state index is 0.0357. The summed E-state index contributed by atoms with van der Waals surface area (Å²) in [6.07, 6.45) is 4.28. The van der Waals surface area contributed by atoms with Crippen molar-refractivity contribution in [2.45, 2.75) is 37.7 Å². The summed E-state index contributed by atoms with van der Waals surface area (Å²) in [6.45, 7) is 3.46. The molecule has 0 spiro atoms. The van der Waals surface area contributed by atoms with Crippen LogP contribution in [0.2, 0.25) is 0 Å². The van der Waals surface area contributed by atoms with Gasteiger partial charge in [-0.1, -0.05) is 0 Å². The van der Waals surface area contributed by atoms with Crippen LogP contribution in [0.15, 0.2) is 6.07 Å². The van der Waals surface area contributed by atoms with Gasteiger partial charge in [-0.2, -0.15) is 5.10 Å². The molecule has 2 aliphatic heterocycles. The molecule has 2 fully saturated rings. The molecule has 0 radical (unpaired) electrons. The van der Waals surface area contributed by atoms with E-state index in [1.807, 2.05) is 0 Å². The van der Waals surface area contributed by atoms with Crippen molar-refractivity contribution in [3.63, 3.8) is 0 Å². The number of nitrogens with two attached hydrogens (primary N) is 1. The summed E-state index contributed by atoms with van der Waals surface area (Å²) in [5, 5.41) is 9.80. The van der Waals surface area contributed by atoms with E-state index in [0.29, 0.717) is 13.1 Å². The van der Waals surface area contributed by atoms with E-state index in [9.17, 15) is 9.59 Å². The van der Waals surface area contributed by atoms with Crippen LogP contribution in [0.1, 0.15) is 47.8 Å². The minimum atomic E-state index is -0.529. The van der Waals surface area contributed by atoms with Crippen molar-refractivity contribution in [2.24, 2.45) is 5.73 Å². The molecule has 132 valence electrons. The molecule has 0 aromatic carbocycles. The number of H-pyrrole nitrogens is 1. The average Bonchev–Trinajstić information content (AvgIpc) is 3.25. The summed E-state index contributed by atoms with van der Waals surface area (Å²) < 4.78 is 5.51. The molecule has 0 aliphatic carbocycles. The third-order valence-corrected chi connectivity index (χ3v) is 4.71. The van der Waals surface area contributed by atoms with Gasteiger partial charge in [0.25, 0.3) is 5.91 Å². The molecule has 2 amide bonds. The molecule has 2 atom stereocenters. The van der Waals surface area contributed by atoms with E-state index < -0.39 is 5.91 Å². The third-order valence-electron chi connectivity index (χ3n) is 4.71. The Morgan fingerprint density at radius 1 is 1.42 bits per heavy atom. The Labute approximate surface area is 141 Å². The number of hydrogen-bond acceptors (Lipinski definition) is 5. The minimum Gasteiger partial charge on any atom is -0.376 e. The third kappa shape index (κ3) is 4.33. The van der Waals surface area contributed by atoms with Crippen molar-refractivity contribution in [1.82, 2.24) is 20.4 Å². The summed E-state index contributed by atoms with van der Waals surface area (Å²) >= 11 is 0. The normalized spacial score (nSPS) is 24.8. The standard InChI is InChI=1S/C16H25N5O3/c17-16(23)14-7-13(19-20-14)11-3-1-5-21(9-11)10-15(22)18-8-12-4-2-6-24-12/h7,11-12H,1-6,8-10H2,(H2,17,23)(H,18,22)(H,19,20)/t11-,12+/m1/s1. The number of nitrogens with one attached hydrogen (secondary N) is 2. The summed E-state index contributed by atoms with van der Waals surface area (Å²) in [5.74, 6) is -0.252. The van der Waals surface area contributed by atoms with Crippen LogP contribution < -0.4 is 11.1 Å². The van der Waals surface area contributed by atoms with Crippen LogP contribution in [0.4, 0.5) is 0 Å². The van der Waals surface area contributed by atoms with Gasteiger partial charge in [0.1, 0.15) is 5.69 Å². The summed E-state index contributed by atoms with van der Waals surface area (Å²) in [5.41, 5.74) is 6.41. The average molecular weight is 335 g/mol. The molecule has 3 rings (SSSR count). The molecule has 2 saturated heterocycles. The molecular weight excluding hydrogens is 310 g/mol. The van der Waals surface area contributed by atoms with Gasteiger partial charge in [0.2, 0.25) is 5.91 Å². The van der Waals surface area contributed by atoms with Crippen LogP contribution in [-0.4, -0.2) is 65.8 Å². The van der Waals surface area contributed by atoms with Gasteiger partial charge in [-0.15, -0.1) is 0 Å². The monoisotopic (exact) mass is 335 g/mol. The van der Waals surface area contributed by atoms with Crippen molar-refractivity contribution < 1.29 is 14.3 Å². The number of carbonyl (C=O) groups excluding carboxylic acids is 2. The second-order valence-electron chi connectivity index (χ2n) is 6.59. The zero-order chi connectivity index (χ0) is 16.9. The van der Waals surface area contributed by atoms with E-state index in [4.69, 9.17) is 10.5 Å². The SMILES string of the molecule is NC(=O)c1cc([C@@H]2CCCN(CC(=O)NC[C@@H]3CCCO3)C2)[nH]n1. The summed E-state index contributed by atoms with van der Waals surface area (Å²) in [7, 11) is 0. The summed E-state index contributed by atoms with van der Waals surface area (Å²) in [4.78, 5) is 25.4. The Morgan fingerprint density at radius 3 is 3.00 bits per heavy atom. The van der Waals surface area contributed by atoms with Gasteiger partial charge in [0.15, 0.2) is 0 Å². The van der Waals surface area contributed by atoms with Crippen molar-refractivity contribution in [2.75, 3.05) is 32.8 Å². The number of aromatic nitrogens is 2. The molecule has 8 nitrogen and oxygen atoms in total. The van der Waals surface area contributed by atoms with E-state index in [1.165, 1.54) is 0 Å². The lowest BCUT2D eigenvalue weighted by atomic mass is 9.94. The predicted molar refractivity (Wildman–Crippen MR) is 87.5 cm³/mol. The Hall–Kier alpha value is -1.93. The maximum absolute atomic E-state index is 12.1. The number of ether oxygens (including phenoxy) is 1. The number of carbonyl (C=O) groups is 2. The van der Waals surface area contributed by atoms with Crippen LogP contribution in [0, 0.1) is 0 Å². The van der Waals surface area contributed by atoms with Gasteiger partial charge in [-0.05, 0) is 38.3 Å². The number of rotatable bonds is 6. The molecule has 1 aromatic rings. The molecule has 8 heteroatoms. The molecule has 0 saturated carbocycles. The smallest absolute Gasteiger partial charge is 0.269 e. The van der Waals surface area contributed by atoms with Gasteiger partial charge >= 0.3 is 0 Å². The predicted octanol–water partition coefficient (Wildman–Crippen LogP) is -0.0168. The maximum atomic E-state index is 12.1. The number of amides is 2.